The molecule has 1 saturated heterocycles. The maximum Gasteiger partial charge on any atom is 0.313 e. The number of sulfone groups is 1. The SMILES string of the molecule is CN(C)CCN(C(=O)C(=O)Nc1ccc(C(N)=O)cc1)C1CCS(=O)(=O)C1. The highest BCUT2D eigenvalue weighted by atomic mass is 32.2. The van der Waals surface area contributed by atoms with Crippen molar-refractivity contribution in [1.82, 2.24) is 9.80 Å². The number of hydrogen-bond donors (Lipinski definition) is 2. The quantitative estimate of drug-likeness (QED) is 0.612. The zero-order valence-corrected chi connectivity index (χ0v) is 16.2. The Kier molecular flexibility index (Phi) is 6.55. The lowest BCUT2D eigenvalue weighted by molar-refractivity contribution is -0.144. The van der Waals surface area contributed by atoms with Crippen LogP contribution in [-0.2, 0) is 19.4 Å². The molecule has 1 atom stereocenters. The molecule has 0 radical (unpaired) electrons. The summed E-state index contributed by atoms with van der Waals surface area (Å²) in [4.78, 5) is 39.3. The van der Waals surface area contributed by atoms with Crippen LogP contribution in [0, 0.1) is 0 Å². The Morgan fingerprint density at radius 3 is 2.26 bits per heavy atom. The number of primary amides is 1. The number of carbonyl (C=O) groups is 3. The fourth-order valence-corrected chi connectivity index (χ4v) is 4.54. The van der Waals surface area contributed by atoms with Crippen molar-refractivity contribution in [3.8, 4) is 0 Å². The lowest BCUT2D eigenvalue weighted by Gasteiger charge is -2.28. The Bertz CT molecular complexity index is 820. The van der Waals surface area contributed by atoms with Gasteiger partial charge in [0.2, 0.25) is 5.91 Å². The fraction of sp³-hybridized carbons (Fsp3) is 0.471. The predicted molar refractivity (Wildman–Crippen MR) is 101 cm³/mol. The molecule has 1 fully saturated rings. The van der Waals surface area contributed by atoms with Crippen molar-refractivity contribution < 1.29 is 22.8 Å². The molecule has 1 heterocycles. The van der Waals surface area contributed by atoms with Crippen LogP contribution in [0.5, 0.6) is 0 Å². The maximum atomic E-state index is 12.7. The predicted octanol–water partition coefficient (Wildman–Crippen LogP) is -0.699. The minimum Gasteiger partial charge on any atom is -0.366 e. The van der Waals surface area contributed by atoms with E-state index in [1.54, 1.807) is 0 Å². The number of nitrogens with zero attached hydrogens (tertiary/aromatic N) is 2. The topological polar surface area (TPSA) is 130 Å². The largest absolute Gasteiger partial charge is 0.366 e. The highest BCUT2D eigenvalue weighted by Gasteiger charge is 2.36. The summed E-state index contributed by atoms with van der Waals surface area (Å²) >= 11 is 0. The van der Waals surface area contributed by atoms with Gasteiger partial charge in [0.1, 0.15) is 0 Å². The number of nitrogens with two attached hydrogens (primary N) is 1. The molecule has 0 spiro atoms. The average Bonchev–Trinajstić information content (AvgIpc) is 2.94. The Morgan fingerprint density at radius 2 is 1.78 bits per heavy atom. The van der Waals surface area contributed by atoms with Gasteiger partial charge in [0.15, 0.2) is 9.84 Å². The number of rotatable bonds is 6. The van der Waals surface area contributed by atoms with Crippen LogP contribution in [0.15, 0.2) is 24.3 Å². The van der Waals surface area contributed by atoms with Crippen LogP contribution in [0.2, 0.25) is 0 Å². The smallest absolute Gasteiger partial charge is 0.313 e. The van der Waals surface area contributed by atoms with Gasteiger partial charge in [-0.1, -0.05) is 0 Å². The minimum atomic E-state index is -3.19. The number of hydrogen-bond acceptors (Lipinski definition) is 6. The van der Waals surface area contributed by atoms with Crippen LogP contribution in [0.1, 0.15) is 16.8 Å². The molecule has 1 aromatic carbocycles. The molecular formula is C17H24N4O5S. The van der Waals surface area contributed by atoms with E-state index in [-0.39, 0.29) is 23.6 Å². The summed E-state index contributed by atoms with van der Waals surface area (Å²) in [5.74, 6) is -2.35. The van der Waals surface area contributed by atoms with Crippen molar-refractivity contribution >= 4 is 33.2 Å². The average molecular weight is 396 g/mol. The van der Waals surface area contributed by atoms with Gasteiger partial charge in [-0.3, -0.25) is 14.4 Å². The van der Waals surface area contributed by atoms with Gasteiger partial charge in [-0.15, -0.1) is 0 Å². The van der Waals surface area contributed by atoms with E-state index in [9.17, 15) is 22.8 Å². The molecule has 1 unspecified atom stereocenters. The van der Waals surface area contributed by atoms with Crippen LogP contribution in [-0.4, -0.2) is 80.7 Å². The summed E-state index contributed by atoms with van der Waals surface area (Å²) < 4.78 is 23.5. The first-order chi connectivity index (χ1) is 12.6. The van der Waals surface area contributed by atoms with Gasteiger partial charge in [-0.2, -0.15) is 0 Å². The Balaban J connectivity index is 2.10. The molecule has 0 aromatic heterocycles. The molecule has 0 aliphatic carbocycles. The molecular weight excluding hydrogens is 372 g/mol. The number of amides is 3. The third-order valence-corrected chi connectivity index (χ3v) is 6.07. The van der Waals surface area contributed by atoms with Crippen molar-refractivity contribution in [1.29, 1.82) is 0 Å². The molecule has 3 N–H and O–H groups in total. The lowest BCUT2D eigenvalue weighted by Crippen LogP contribution is -2.48. The summed E-state index contributed by atoms with van der Waals surface area (Å²) in [5.41, 5.74) is 5.78. The van der Waals surface area contributed by atoms with Crippen LogP contribution < -0.4 is 11.1 Å². The van der Waals surface area contributed by atoms with Crippen molar-refractivity contribution in [2.45, 2.75) is 12.5 Å². The van der Waals surface area contributed by atoms with Gasteiger partial charge in [0.25, 0.3) is 0 Å². The first-order valence-corrected chi connectivity index (χ1v) is 10.3. The molecule has 148 valence electrons. The first kappa shape index (κ1) is 20.8. The van der Waals surface area contributed by atoms with Crippen LogP contribution in [0.25, 0.3) is 0 Å². The zero-order valence-electron chi connectivity index (χ0n) is 15.3. The number of anilines is 1. The maximum absolute atomic E-state index is 12.7. The zero-order chi connectivity index (χ0) is 20.2. The molecule has 1 aromatic rings. The van der Waals surface area contributed by atoms with Gasteiger partial charge in [-0.25, -0.2) is 8.42 Å². The van der Waals surface area contributed by atoms with E-state index in [2.05, 4.69) is 5.32 Å². The molecule has 3 amide bonds. The second kappa shape index (κ2) is 8.49. The number of benzene rings is 1. The molecule has 27 heavy (non-hydrogen) atoms. The molecule has 1 aliphatic heterocycles. The lowest BCUT2D eigenvalue weighted by atomic mass is 10.2. The third-order valence-electron chi connectivity index (χ3n) is 4.32. The summed E-state index contributed by atoms with van der Waals surface area (Å²) in [6, 6.07) is 5.31. The standard InChI is InChI=1S/C17H24N4O5S/c1-20(2)8-9-21(14-7-10-27(25,26)11-14)17(24)16(23)19-13-5-3-12(4-6-13)15(18)22/h3-6,14H,7-11H2,1-2H3,(H2,18,22)(H,19,23). The van der Waals surface area contributed by atoms with Crippen molar-refractivity contribution in [3.63, 3.8) is 0 Å². The summed E-state index contributed by atoms with van der Waals surface area (Å²) in [5, 5.41) is 2.47. The van der Waals surface area contributed by atoms with Crippen LogP contribution in [0.4, 0.5) is 5.69 Å². The van der Waals surface area contributed by atoms with Gasteiger partial charge in [0, 0.05) is 30.4 Å². The highest BCUT2D eigenvalue weighted by Crippen LogP contribution is 2.18. The van der Waals surface area contributed by atoms with E-state index in [1.165, 1.54) is 29.2 Å². The second-order valence-corrected chi connectivity index (χ2v) is 8.98. The van der Waals surface area contributed by atoms with Crippen molar-refractivity contribution in [2.75, 3.05) is 44.0 Å². The monoisotopic (exact) mass is 396 g/mol. The van der Waals surface area contributed by atoms with E-state index in [1.807, 2.05) is 19.0 Å². The van der Waals surface area contributed by atoms with E-state index >= 15 is 0 Å². The van der Waals surface area contributed by atoms with Gasteiger partial charge in [-0.05, 0) is 44.8 Å². The highest BCUT2D eigenvalue weighted by molar-refractivity contribution is 7.91. The van der Waals surface area contributed by atoms with Gasteiger partial charge < -0.3 is 20.9 Å². The third kappa shape index (κ3) is 5.76. The minimum absolute atomic E-state index is 0.0135. The summed E-state index contributed by atoms with van der Waals surface area (Å²) in [6.45, 7) is 0.753. The Morgan fingerprint density at radius 1 is 1.15 bits per heavy atom. The van der Waals surface area contributed by atoms with E-state index in [0.29, 0.717) is 18.7 Å². The fourth-order valence-electron chi connectivity index (χ4n) is 2.81. The van der Waals surface area contributed by atoms with E-state index in [4.69, 9.17) is 5.73 Å². The Hall–Kier alpha value is -2.46. The van der Waals surface area contributed by atoms with E-state index < -0.39 is 33.6 Å². The second-order valence-electron chi connectivity index (χ2n) is 6.75. The normalized spacial score (nSPS) is 18.3. The van der Waals surface area contributed by atoms with E-state index in [0.717, 1.165) is 0 Å². The van der Waals surface area contributed by atoms with Crippen LogP contribution in [0.3, 0.4) is 0 Å². The van der Waals surface area contributed by atoms with Crippen molar-refractivity contribution in [2.24, 2.45) is 5.73 Å². The summed E-state index contributed by atoms with van der Waals surface area (Å²) in [6.07, 6.45) is 0.322. The van der Waals surface area contributed by atoms with Crippen molar-refractivity contribution in [3.05, 3.63) is 29.8 Å². The molecule has 0 bridgehead atoms. The number of carbonyl (C=O) groups excluding carboxylic acids is 3. The summed E-state index contributed by atoms with van der Waals surface area (Å²) in [7, 11) is 0.463. The molecule has 9 nitrogen and oxygen atoms in total. The molecule has 1 aliphatic rings. The molecule has 2 rings (SSSR count). The Labute approximate surface area is 158 Å². The van der Waals surface area contributed by atoms with Crippen LogP contribution >= 0.6 is 0 Å². The van der Waals surface area contributed by atoms with Gasteiger partial charge >= 0.3 is 11.8 Å². The van der Waals surface area contributed by atoms with Gasteiger partial charge in [0.05, 0.1) is 11.5 Å². The molecule has 10 heteroatoms. The molecule has 0 saturated carbocycles. The first-order valence-electron chi connectivity index (χ1n) is 8.46. The number of likely N-dealkylation sites (N-methyl/N-ethyl adjacent to an activating group) is 1. The number of nitrogens with one attached hydrogen (secondary N) is 1.